The van der Waals surface area contributed by atoms with E-state index in [-0.39, 0.29) is 5.91 Å². The summed E-state index contributed by atoms with van der Waals surface area (Å²) < 4.78 is 9.58. The molecule has 0 aliphatic rings. The van der Waals surface area contributed by atoms with E-state index >= 15 is 0 Å². The number of rotatable bonds is 6. The Morgan fingerprint density at radius 1 is 0.970 bits per heavy atom. The van der Waals surface area contributed by atoms with Crippen LogP contribution in [0.5, 0.6) is 0 Å². The Bertz CT molecular complexity index is 1450. The molecule has 2 aromatic carbocycles. The van der Waals surface area contributed by atoms with Crippen molar-refractivity contribution in [3.8, 4) is 0 Å². The van der Waals surface area contributed by atoms with E-state index in [9.17, 15) is 4.79 Å². The summed E-state index contributed by atoms with van der Waals surface area (Å²) in [6.45, 7) is 7.36. The standard InChI is InChI=1S/C27H26N4O2/c1-18-7-4-5-9-22(18)17-30-24-11-12-33-26(24)15-25(30)27(32)28-23-10-6-8-21(14-23)16-31-20(3)13-19(2)29-31/h4-15H,16-17H2,1-3H3,(H,28,32). The van der Waals surface area contributed by atoms with Crippen molar-refractivity contribution < 1.29 is 9.21 Å². The first-order chi connectivity index (χ1) is 16.0. The van der Waals surface area contributed by atoms with Crippen molar-refractivity contribution in [3.05, 3.63) is 107 Å². The summed E-state index contributed by atoms with van der Waals surface area (Å²) in [7, 11) is 0. The monoisotopic (exact) mass is 438 g/mol. The zero-order valence-corrected chi connectivity index (χ0v) is 19.0. The van der Waals surface area contributed by atoms with E-state index in [1.54, 1.807) is 6.26 Å². The van der Waals surface area contributed by atoms with E-state index in [1.807, 2.05) is 71.6 Å². The Balaban J connectivity index is 1.41. The van der Waals surface area contributed by atoms with Gasteiger partial charge in [-0.3, -0.25) is 9.48 Å². The van der Waals surface area contributed by atoms with Gasteiger partial charge in [0.1, 0.15) is 5.69 Å². The smallest absolute Gasteiger partial charge is 0.272 e. The Morgan fingerprint density at radius 3 is 2.61 bits per heavy atom. The van der Waals surface area contributed by atoms with Crippen molar-refractivity contribution in [2.24, 2.45) is 0 Å². The van der Waals surface area contributed by atoms with Crippen LogP contribution >= 0.6 is 0 Å². The first-order valence-corrected chi connectivity index (χ1v) is 11.0. The van der Waals surface area contributed by atoms with Crippen LogP contribution in [0.1, 0.15) is 38.6 Å². The minimum Gasteiger partial charge on any atom is -0.463 e. The molecular weight excluding hydrogens is 412 g/mol. The molecule has 0 unspecified atom stereocenters. The van der Waals surface area contributed by atoms with Gasteiger partial charge in [0.05, 0.1) is 24.0 Å². The van der Waals surface area contributed by atoms with E-state index in [4.69, 9.17) is 4.42 Å². The number of hydrogen-bond donors (Lipinski definition) is 1. The molecule has 6 nitrogen and oxygen atoms in total. The number of nitrogens with zero attached hydrogens (tertiary/aromatic N) is 3. The third-order valence-corrected chi connectivity index (χ3v) is 5.97. The predicted molar refractivity (Wildman–Crippen MR) is 130 cm³/mol. The maximum absolute atomic E-state index is 13.3. The zero-order valence-electron chi connectivity index (χ0n) is 19.0. The number of hydrogen-bond acceptors (Lipinski definition) is 3. The van der Waals surface area contributed by atoms with Gasteiger partial charge in [0, 0.05) is 30.1 Å². The number of carbonyl (C=O) groups is 1. The van der Waals surface area contributed by atoms with E-state index in [0.717, 1.165) is 33.7 Å². The van der Waals surface area contributed by atoms with Crippen molar-refractivity contribution in [1.29, 1.82) is 0 Å². The molecular formula is C27H26N4O2. The number of aryl methyl sites for hydroxylation is 3. The van der Waals surface area contributed by atoms with Crippen molar-refractivity contribution in [2.75, 3.05) is 5.32 Å². The molecule has 1 N–H and O–H groups in total. The first kappa shape index (κ1) is 20.8. The molecule has 0 bridgehead atoms. The van der Waals surface area contributed by atoms with Gasteiger partial charge < -0.3 is 14.3 Å². The topological polar surface area (TPSA) is 65.0 Å². The molecule has 0 aliphatic carbocycles. The normalized spacial score (nSPS) is 11.2. The van der Waals surface area contributed by atoms with Crippen LogP contribution in [0.25, 0.3) is 11.1 Å². The highest BCUT2D eigenvalue weighted by Crippen LogP contribution is 2.24. The van der Waals surface area contributed by atoms with Crippen LogP contribution in [0.2, 0.25) is 0 Å². The molecule has 6 heteroatoms. The highest BCUT2D eigenvalue weighted by atomic mass is 16.3. The average molecular weight is 439 g/mol. The van der Waals surface area contributed by atoms with Crippen molar-refractivity contribution in [3.63, 3.8) is 0 Å². The largest absolute Gasteiger partial charge is 0.463 e. The molecule has 5 aromatic rings. The lowest BCUT2D eigenvalue weighted by Gasteiger charge is -2.13. The summed E-state index contributed by atoms with van der Waals surface area (Å²) >= 11 is 0. The summed E-state index contributed by atoms with van der Waals surface area (Å²) in [5, 5.41) is 7.60. The van der Waals surface area contributed by atoms with Gasteiger partial charge in [-0.1, -0.05) is 36.4 Å². The van der Waals surface area contributed by atoms with E-state index < -0.39 is 0 Å². The minimum absolute atomic E-state index is 0.168. The summed E-state index contributed by atoms with van der Waals surface area (Å²) in [5.41, 5.74) is 8.45. The lowest BCUT2D eigenvalue weighted by atomic mass is 10.1. The number of anilines is 1. The molecule has 0 saturated carbocycles. The molecule has 1 amide bonds. The van der Waals surface area contributed by atoms with Crippen molar-refractivity contribution in [2.45, 2.75) is 33.9 Å². The van der Waals surface area contributed by atoms with Gasteiger partial charge in [0.25, 0.3) is 5.91 Å². The SMILES string of the molecule is Cc1cc(C)n(Cc2cccc(NC(=O)c3cc4occc4n3Cc3ccccc3C)c2)n1. The minimum atomic E-state index is -0.168. The van der Waals surface area contributed by atoms with Gasteiger partial charge in [-0.15, -0.1) is 0 Å². The third kappa shape index (κ3) is 4.20. The number of amides is 1. The second-order valence-corrected chi connectivity index (χ2v) is 8.45. The number of fused-ring (bicyclic) bond motifs is 1. The number of benzene rings is 2. The number of carbonyl (C=O) groups excluding carboxylic acids is 1. The Hall–Kier alpha value is -4.06. The summed E-state index contributed by atoms with van der Waals surface area (Å²) in [4.78, 5) is 13.3. The van der Waals surface area contributed by atoms with Crippen LogP contribution < -0.4 is 5.32 Å². The van der Waals surface area contributed by atoms with Gasteiger partial charge in [-0.05, 0) is 55.7 Å². The molecule has 0 saturated heterocycles. The van der Waals surface area contributed by atoms with Crippen LogP contribution in [0, 0.1) is 20.8 Å². The molecule has 0 radical (unpaired) electrons. The van der Waals surface area contributed by atoms with E-state index in [1.165, 1.54) is 5.56 Å². The van der Waals surface area contributed by atoms with Gasteiger partial charge in [0.2, 0.25) is 0 Å². The Kier molecular flexibility index (Phi) is 5.34. The van der Waals surface area contributed by atoms with Crippen LogP contribution in [0.15, 0.2) is 77.4 Å². The fourth-order valence-electron chi connectivity index (χ4n) is 4.24. The molecule has 0 atom stereocenters. The third-order valence-electron chi connectivity index (χ3n) is 5.97. The Morgan fingerprint density at radius 2 is 1.82 bits per heavy atom. The summed E-state index contributed by atoms with van der Waals surface area (Å²) in [6.07, 6.45) is 1.66. The Labute approximate surface area is 192 Å². The molecule has 33 heavy (non-hydrogen) atoms. The highest BCUT2D eigenvalue weighted by molar-refractivity contribution is 6.05. The van der Waals surface area contributed by atoms with Crippen LogP contribution in [-0.4, -0.2) is 20.3 Å². The fourth-order valence-corrected chi connectivity index (χ4v) is 4.24. The van der Waals surface area contributed by atoms with Crippen molar-refractivity contribution >= 4 is 22.7 Å². The van der Waals surface area contributed by atoms with Gasteiger partial charge in [-0.25, -0.2) is 0 Å². The molecule has 5 rings (SSSR count). The maximum Gasteiger partial charge on any atom is 0.272 e. The average Bonchev–Trinajstić information content (AvgIpc) is 3.46. The van der Waals surface area contributed by atoms with E-state index in [0.29, 0.717) is 24.4 Å². The molecule has 0 fully saturated rings. The van der Waals surface area contributed by atoms with Gasteiger partial charge >= 0.3 is 0 Å². The molecule has 3 aromatic heterocycles. The van der Waals surface area contributed by atoms with Crippen LogP contribution in [-0.2, 0) is 13.1 Å². The first-order valence-electron chi connectivity index (χ1n) is 11.0. The number of furan rings is 1. The predicted octanol–water partition coefficient (Wildman–Crippen LogP) is 5.70. The summed E-state index contributed by atoms with van der Waals surface area (Å²) in [6, 6.07) is 21.9. The molecule has 0 aliphatic heterocycles. The second-order valence-electron chi connectivity index (χ2n) is 8.45. The van der Waals surface area contributed by atoms with Gasteiger partial charge in [0.15, 0.2) is 5.58 Å². The summed E-state index contributed by atoms with van der Waals surface area (Å²) in [5.74, 6) is -0.168. The maximum atomic E-state index is 13.3. The lowest BCUT2D eigenvalue weighted by molar-refractivity contribution is 0.101. The van der Waals surface area contributed by atoms with Crippen LogP contribution in [0.4, 0.5) is 5.69 Å². The van der Waals surface area contributed by atoms with E-state index in [2.05, 4.69) is 35.5 Å². The van der Waals surface area contributed by atoms with Crippen molar-refractivity contribution in [1.82, 2.24) is 14.3 Å². The lowest BCUT2D eigenvalue weighted by Crippen LogP contribution is -2.18. The quantitative estimate of drug-likeness (QED) is 0.370. The molecule has 3 heterocycles. The molecule has 166 valence electrons. The second kappa shape index (κ2) is 8.47. The number of nitrogens with one attached hydrogen (secondary N) is 1. The van der Waals surface area contributed by atoms with Crippen LogP contribution in [0.3, 0.4) is 0 Å². The molecule has 0 spiro atoms. The highest BCUT2D eigenvalue weighted by Gasteiger charge is 2.18. The van der Waals surface area contributed by atoms with Gasteiger partial charge in [-0.2, -0.15) is 5.10 Å². The number of aromatic nitrogens is 3. The fraction of sp³-hybridized carbons (Fsp3) is 0.185. The zero-order chi connectivity index (χ0) is 22.9.